The molecular weight excluding hydrogens is 240 g/mol. The third-order valence-electron chi connectivity index (χ3n) is 2.40. The predicted molar refractivity (Wildman–Crippen MR) is 67.9 cm³/mol. The van der Waals surface area contributed by atoms with E-state index in [9.17, 15) is 0 Å². The first-order valence-corrected chi connectivity index (χ1v) is 6.05. The van der Waals surface area contributed by atoms with Gasteiger partial charge in [0.25, 0.3) is 0 Å². The second-order valence-corrected chi connectivity index (χ2v) is 4.65. The van der Waals surface area contributed by atoms with Crippen molar-refractivity contribution in [3.8, 4) is 10.4 Å². The van der Waals surface area contributed by atoms with Crippen molar-refractivity contribution in [2.75, 3.05) is 0 Å². The van der Waals surface area contributed by atoms with Crippen molar-refractivity contribution >= 4 is 33.8 Å². The third kappa shape index (κ3) is 1.49. The second kappa shape index (κ2) is 3.85. The topological polar surface area (TPSA) is 25.8 Å². The normalized spacial score (nSPS) is 10.8. The molecule has 0 N–H and O–H groups in total. The average Bonchev–Trinajstić information content (AvgIpc) is 2.82. The van der Waals surface area contributed by atoms with Gasteiger partial charge >= 0.3 is 0 Å². The molecule has 0 radical (unpaired) electrons. The molecule has 1 aromatic carbocycles. The predicted octanol–water partition coefficient (Wildman–Crippen LogP) is 4.01. The van der Waals surface area contributed by atoms with Crippen molar-refractivity contribution in [2.24, 2.45) is 0 Å². The van der Waals surface area contributed by atoms with Crippen molar-refractivity contribution in [1.29, 1.82) is 0 Å². The molecule has 0 fully saturated rings. The molecule has 2 nitrogen and oxygen atoms in total. The van der Waals surface area contributed by atoms with Gasteiger partial charge in [-0.05, 0) is 17.5 Å². The summed E-state index contributed by atoms with van der Waals surface area (Å²) in [6.07, 6.45) is 1.50. The van der Waals surface area contributed by atoms with Crippen LogP contribution in [0.5, 0.6) is 0 Å². The van der Waals surface area contributed by atoms with Gasteiger partial charge < -0.3 is 0 Å². The van der Waals surface area contributed by atoms with E-state index in [0.717, 1.165) is 16.5 Å². The fourth-order valence-corrected chi connectivity index (χ4v) is 2.64. The van der Waals surface area contributed by atoms with Crippen LogP contribution in [0.4, 0.5) is 0 Å². The standard InChI is InChI=1S/C12H7ClN2S/c13-12-9-4-1-3-8(10-5-2-6-16-10)11(9)14-7-15-12/h1-7H. The van der Waals surface area contributed by atoms with Gasteiger partial charge in [-0.3, -0.25) is 0 Å². The minimum absolute atomic E-state index is 0.503. The van der Waals surface area contributed by atoms with Gasteiger partial charge in [-0.1, -0.05) is 29.8 Å². The Labute approximate surface area is 102 Å². The van der Waals surface area contributed by atoms with Crippen molar-refractivity contribution in [1.82, 2.24) is 9.97 Å². The fourth-order valence-electron chi connectivity index (χ4n) is 1.69. The van der Waals surface area contributed by atoms with Crippen LogP contribution in [0.25, 0.3) is 21.3 Å². The summed E-state index contributed by atoms with van der Waals surface area (Å²) in [6, 6.07) is 10.1. The lowest BCUT2D eigenvalue weighted by Crippen LogP contribution is -1.86. The second-order valence-electron chi connectivity index (χ2n) is 3.34. The lowest BCUT2D eigenvalue weighted by Gasteiger charge is -2.03. The maximum atomic E-state index is 6.04. The third-order valence-corrected chi connectivity index (χ3v) is 3.61. The summed E-state index contributed by atoms with van der Waals surface area (Å²) < 4.78 is 0. The number of rotatable bonds is 1. The van der Waals surface area contributed by atoms with Gasteiger partial charge in [-0.15, -0.1) is 11.3 Å². The number of para-hydroxylation sites is 1. The summed E-state index contributed by atoms with van der Waals surface area (Å²) in [5, 5.41) is 3.45. The zero-order chi connectivity index (χ0) is 11.0. The molecule has 0 aliphatic heterocycles. The number of fused-ring (bicyclic) bond motifs is 1. The highest BCUT2D eigenvalue weighted by Gasteiger charge is 2.07. The van der Waals surface area contributed by atoms with E-state index in [0.29, 0.717) is 5.15 Å². The number of halogens is 1. The smallest absolute Gasteiger partial charge is 0.140 e. The van der Waals surface area contributed by atoms with Crippen molar-refractivity contribution in [2.45, 2.75) is 0 Å². The number of nitrogens with zero attached hydrogens (tertiary/aromatic N) is 2. The molecule has 4 heteroatoms. The van der Waals surface area contributed by atoms with Crippen molar-refractivity contribution in [3.05, 3.63) is 47.2 Å². The summed E-state index contributed by atoms with van der Waals surface area (Å²) in [4.78, 5) is 9.49. The number of aromatic nitrogens is 2. The molecule has 2 aromatic heterocycles. The molecule has 0 spiro atoms. The molecule has 0 aliphatic rings. The van der Waals surface area contributed by atoms with E-state index < -0.39 is 0 Å². The Balaban J connectivity index is 2.38. The van der Waals surface area contributed by atoms with Crippen LogP contribution in [0.15, 0.2) is 42.0 Å². The molecule has 16 heavy (non-hydrogen) atoms. The first kappa shape index (κ1) is 9.75. The molecule has 0 atom stereocenters. The average molecular weight is 247 g/mol. The van der Waals surface area contributed by atoms with E-state index in [1.165, 1.54) is 11.2 Å². The molecule has 0 aliphatic carbocycles. The van der Waals surface area contributed by atoms with E-state index in [4.69, 9.17) is 11.6 Å². The molecule has 3 aromatic rings. The quantitative estimate of drug-likeness (QED) is 0.607. The Morgan fingerprint density at radius 1 is 1.06 bits per heavy atom. The molecule has 0 unspecified atom stereocenters. The molecule has 3 rings (SSSR count). The highest BCUT2D eigenvalue weighted by molar-refractivity contribution is 7.13. The Bertz CT molecular complexity index is 635. The Hall–Kier alpha value is -1.45. The minimum Gasteiger partial charge on any atom is -0.236 e. The highest BCUT2D eigenvalue weighted by Crippen LogP contribution is 2.32. The highest BCUT2D eigenvalue weighted by atomic mass is 35.5. The van der Waals surface area contributed by atoms with E-state index >= 15 is 0 Å². The monoisotopic (exact) mass is 246 g/mol. The van der Waals surface area contributed by atoms with E-state index in [2.05, 4.69) is 27.5 Å². The molecule has 0 saturated carbocycles. The van der Waals surface area contributed by atoms with Gasteiger partial charge in [0.2, 0.25) is 0 Å². The van der Waals surface area contributed by atoms with Gasteiger partial charge in [-0.2, -0.15) is 0 Å². The van der Waals surface area contributed by atoms with Crippen LogP contribution in [-0.4, -0.2) is 9.97 Å². The van der Waals surface area contributed by atoms with Crippen LogP contribution < -0.4 is 0 Å². The summed E-state index contributed by atoms with van der Waals surface area (Å²) in [5.74, 6) is 0. The van der Waals surface area contributed by atoms with Gasteiger partial charge in [0.15, 0.2) is 0 Å². The summed E-state index contributed by atoms with van der Waals surface area (Å²) in [7, 11) is 0. The minimum atomic E-state index is 0.503. The lowest BCUT2D eigenvalue weighted by molar-refractivity contribution is 1.22. The number of hydrogen-bond acceptors (Lipinski definition) is 3. The van der Waals surface area contributed by atoms with Crippen molar-refractivity contribution < 1.29 is 0 Å². The first-order valence-electron chi connectivity index (χ1n) is 4.79. The molecular formula is C12H7ClN2S. The van der Waals surface area contributed by atoms with E-state index in [-0.39, 0.29) is 0 Å². The number of thiophene rings is 1. The van der Waals surface area contributed by atoms with Gasteiger partial charge in [-0.25, -0.2) is 9.97 Å². The summed E-state index contributed by atoms with van der Waals surface area (Å²) in [6.45, 7) is 0. The Morgan fingerprint density at radius 3 is 2.81 bits per heavy atom. The van der Waals surface area contributed by atoms with E-state index in [1.54, 1.807) is 11.3 Å². The summed E-state index contributed by atoms with van der Waals surface area (Å²) in [5.41, 5.74) is 2.02. The molecule has 0 saturated heterocycles. The Morgan fingerprint density at radius 2 is 2.00 bits per heavy atom. The number of hydrogen-bond donors (Lipinski definition) is 0. The van der Waals surface area contributed by atoms with Crippen LogP contribution in [0, 0.1) is 0 Å². The molecule has 78 valence electrons. The Kier molecular flexibility index (Phi) is 2.35. The fraction of sp³-hybridized carbons (Fsp3) is 0. The van der Waals surface area contributed by atoms with Crippen LogP contribution in [0.1, 0.15) is 0 Å². The first-order chi connectivity index (χ1) is 7.86. The van der Waals surface area contributed by atoms with Crippen LogP contribution in [-0.2, 0) is 0 Å². The molecule has 0 amide bonds. The van der Waals surface area contributed by atoms with Gasteiger partial charge in [0.1, 0.15) is 11.5 Å². The summed E-state index contributed by atoms with van der Waals surface area (Å²) >= 11 is 7.74. The SMILES string of the molecule is Clc1ncnc2c(-c3cccs3)cccc12. The maximum Gasteiger partial charge on any atom is 0.140 e. The van der Waals surface area contributed by atoms with Gasteiger partial charge in [0, 0.05) is 15.8 Å². The zero-order valence-electron chi connectivity index (χ0n) is 8.22. The van der Waals surface area contributed by atoms with Crippen LogP contribution in [0.3, 0.4) is 0 Å². The van der Waals surface area contributed by atoms with Crippen LogP contribution >= 0.6 is 22.9 Å². The largest absolute Gasteiger partial charge is 0.236 e. The zero-order valence-corrected chi connectivity index (χ0v) is 9.79. The maximum absolute atomic E-state index is 6.04. The van der Waals surface area contributed by atoms with E-state index in [1.807, 2.05) is 18.2 Å². The number of benzene rings is 1. The molecule has 0 bridgehead atoms. The van der Waals surface area contributed by atoms with Crippen molar-refractivity contribution in [3.63, 3.8) is 0 Å². The van der Waals surface area contributed by atoms with Gasteiger partial charge in [0.05, 0.1) is 5.52 Å². The molecule has 2 heterocycles. The lowest BCUT2D eigenvalue weighted by atomic mass is 10.1. The van der Waals surface area contributed by atoms with Crippen LogP contribution in [0.2, 0.25) is 5.15 Å².